The highest BCUT2D eigenvalue weighted by atomic mass is 32.2. The summed E-state index contributed by atoms with van der Waals surface area (Å²) in [6.45, 7) is 1.97. The number of hydrogen-bond donors (Lipinski definition) is 0. The summed E-state index contributed by atoms with van der Waals surface area (Å²) >= 11 is 0. The highest BCUT2D eigenvalue weighted by Crippen LogP contribution is 2.26. The molecule has 0 saturated heterocycles. The molecule has 0 aliphatic carbocycles. The zero-order valence-electron chi connectivity index (χ0n) is 12.4. The van der Waals surface area contributed by atoms with Crippen molar-refractivity contribution >= 4 is 9.84 Å². The van der Waals surface area contributed by atoms with Crippen molar-refractivity contribution in [3.63, 3.8) is 0 Å². The van der Waals surface area contributed by atoms with Crippen LogP contribution in [0.3, 0.4) is 0 Å². The molecule has 0 saturated carbocycles. The molecule has 0 amide bonds. The van der Waals surface area contributed by atoms with Crippen molar-refractivity contribution in [3.05, 3.63) is 66.6 Å². The lowest BCUT2D eigenvalue weighted by Crippen LogP contribution is -2.00. The average Bonchev–Trinajstić information content (AvgIpc) is 2.96. The third kappa shape index (κ3) is 2.67. The Labute approximate surface area is 130 Å². The topological polar surface area (TPSA) is 52.0 Å². The van der Waals surface area contributed by atoms with E-state index in [1.807, 2.05) is 54.1 Å². The summed E-state index contributed by atoms with van der Waals surface area (Å²) in [7, 11) is -3.18. The van der Waals surface area contributed by atoms with Crippen LogP contribution in [0.5, 0.6) is 0 Å². The van der Waals surface area contributed by atoms with Crippen LogP contribution < -0.4 is 0 Å². The van der Waals surface area contributed by atoms with Crippen LogP contribution in [-0.2, 0) is 9.84 Å². The Morgan fingerprint density at radius 2 is 1.73 bits per heavy atom. The highest BCUT2D eigenvalue weighted by molar-refractivity contribution is 7.90. The van der Waals surface area contributed by atoms with Gasteiger partial charge in [0.05, 0.1) is 10.6 Å². The van der Waals surface area contributed by atoms with Crippen LogP contribution in [0.25, 0.3) is 16.9 Å². The van der Waals surface area contributed by atoms with Crippen molar-refractivity contribution in [2.75, 3.05) is 6.26 Å². The molecule has 0 aliphatic heterocycles. The predicted molar refractivity (Wildman–Crippen MR) is 86.8 cm³/mol. The summed E-state index contributed by atoms with van der Waals surface area (Å²) in [6, 6.07) is 14.8. The highest BCUT2D eigenvalue weighted by Gasteiger charge is 2.10. The molecule has 0 atom stereocenters. The van der Waals surface area contributed by atoms with Gasteiger partial charge >= 0.3 is 0 Å². The van der Waals surface area contributed by atoms with Gasteiger partial charge in [-0.05, 0) is 55.5 Å². The zero-order chi connectivity index (χ0) is 15.7. The maximum absolute atomic E-state index is 11.5. The third-order valence-electron chi connectivity index (χ3n) is 3.57. The first-order valence-electron chi connectivity index (χ1n) is 6.86. The quantitative estimate of drug-likeness (QED) is 0.746. The standard InChI is InChI=1S/C17H16N2O2S/c1-13-16(5-3-11-18-13)17-6-4-12-19(17)14-7-9-15(10-8-14)22(2,20)21/h3-12H,1-2H3. The van der Waals surface area contributed by atoms with E-state index < -0.39 is 9.84 Å². The first kappa shape index (κ1) is 14.5. The fourth-order valence-electron chi connectivity index (χ4n) is 2.43. The molecule has 3 aromatic rings. The largest absolute Gasteiger partial charge is 0.317 e. The van der Waals surface area contributed by atoms with Crippen molar-refractivity contribution < 1.29 is 8.42 Å². The Hall–Kier alpha value is -2.40. The molecule has 1 aromatic carbocycles. The third-order valence-corrected chi connectivity index (χ3v) is 4.70. The van der Waals surface area contributed by atoms with Gasteiger partial charge in [-0.2, -0.15) is 0 Å². The van der Waals surface area contributed by atoms with Crippen LogP contribution in [0.4, 0.5) is 0 Å². The van der Waals surface area contributed by atoms with Gasteiger partial charge in [-0.25, -0.2) is 8.42 Å². The van der Waals surface area contributed by atoms with Gasteiger partial charge < -0.3 is 4.57 Å². The lowest BCUT2D eigenvalue weighted by Gasteiger charge is -2.11. The monoisotopic (exact) mass is 312 g/mol. The average molecular weight is 312 g/mol. The number of hydrogen-bond acceptors (Lipinski definition) is 3. The van der Waals surface area contributed by atoms with Crippen molar-refractivity contribution in [2.45, 2.75) is 11.8 Å². The van der Waals surface area contributed by atoms with Crippen LogP contribution >= 0.6 is 0 Å². The molecule has 0 bridgehead atoms. The second kappa shape index (κ2) is 5.42. The number of benzene rings is 1. The molecule has 0 N–H and O–H groups in total. The number of rotatable bonds is 3. The molecule has 2 aromatic heterocycles. The van der Waals surface area contributed by atoms with Gasteiger partial charge in [0.15, 0.2) is 9.84 Å². The van der Waals surface area contributed by atoms with Gasteiger partial charge in [-0.15, -0.1) is 0 Å². The van der Waals surface area contributed by atoms with E-state index >= 15 is 0 Å². The van der Waals surface area contributed by atoms with Crippen molar-refractivity contribution in [2.24, 2.45) is 0 Å². The van der Waals surface area contributed by atoms with Gasteiger partial charge in [0.1, 0.15) is 0 Å². The Balaban J connectivity index is 2.08. The molecule has 0 spiro atoms. The Morgan fingerprint density at radius 3 is 2.36 bits per heavy atom. The van der Waals surface area contributed by atoms with Crippen LogP contribution in [-0.4, -0.2) is 24.2 Å². The fraction of sp³-hybridized carbons (Fsp3) is 0.118. The van der Waals surface area contributed by atoms with Gasteiger partial charge in [-0.1, -0.05) is 0 Å². The normalized spacial score (nSPS) is 11.5. The first-order valence-corrected chi connectivity index (χ1v) is 8.76. The van der Waals surface area contributed by atoms with Gasteiger partial charge in [0, 0.05) is 35.6 Å². The molecule has 0 radical (unpaired) electrons. The van der Waals surface area contributed by atoms with E-state index in [-0.39, 0.29) is 0 Å². The summed E-state index contributed by atoms with van der Waals surface area (Å²) in [5.41, 5.74) is 3.95. The maximum atomic E-state index is 11.5. The second-order valence-corrected chi connectivity index (χ2v) is 7.18. The van der Waals surface area contributed by atoms with Gasteiger partial charge in [-0.3, -0.25) is 4.98 Å². The molecular weight excluding hydrogens is 296 g/mol. The van der Waals surface area contributed by atoms with Crippen LogP contribution in [0, 0.1) is 6.92 Å². The molecule has 5 heteroatoms. The van der Waals surface area contributed by atoms with Crippen molar-refractivity contribution in [3.8, 4) is 16.9 Å². The Morgan fingerprint density at radius 1 is 1.00 bits per heavy atom. The second-order valence-electron chi connectivity index (χ2n) is 5.17. The molecule has 0 aliphatic rings. The van der Waals surface area contributed by atoms with E-state index in [0.29, 0.717) is 4.90 Å². The number of aromatic nitrogens is 2. The van der Waals surface area contributed by atoms with E-state index in [1.165, 1.54) is 6.26 Å². The SMILES string of the molecule is Cc1ncccc1-c1cccn1-c1ccc(S(C)(=O)=O)cc1. The van der Waals surface area contributed by atoms with Gasteiger partial charge in [0.25, 0.3) is 0 Å². The number of pyridine rings is 1. The Bertz CT molecular complexity index is 910. The fourth-order valence-corrected chi connectivity index (χ4v) is 3.06. The molecule has 3 rings (SSSR count). The van der Waals surface area contributed by atoms with Crippen LogP contribution in [0.1, 0.15) is 5.69 Å². The number of sulfone groups is 1. The summed E-state index contributed by atoms with van der Waals surface area (Å²) < 4.78 is 25.1. The molecular formula is C17H16N2O2S. The lowest BCUT2D eigenvalue weighted by atomic mass is 10.1. The van der Waals surface area contributed by atoms with E-state index in [4.69, 9.17) is 0 Å². The molecule has 112 valence electrons. The minimum Gasteiger partial charge on any atom is -0.317 e. The van der Waals surface area contributed by atoms with Crippen LogP contribution in [0.15, 0.2) is 65.8 Å². The minimum absolute atomic E-state index is 0.322. The molecule has 4 nitrogen and oxygen atoms in total. The Kier molecular flexibility index (Phi) is 3.58. The first-order chi connectivity index (χ1) is 10.5. The predicted octanol–water partition coefficient (Wildman–Crippen LogP) is 3.25. The molecule has 2 heterocycles. The summed E-state index contributed by atoms with van der Waals surface area (Å²) in [5.74, 6) is 0. The lowest BCUT2D eigenvalue weighted by molar-refractivity contribution is 0.602. The molecule has 0 unspecified atom stereocenters. The number of aryl methyl sites for hydroxylation is 1. The van der Waals surface area contributed by atoms with E-state index in [1.54, 1.807) is 18.3 Å². The minimum atomic E-state index is -3.18. The van der Waals surface area contributed by atoms with E-state index in [0.717, 1.165) is 22.6 Å². The summed E-state index contributed by atoms with van der Waals surface area (Å²) in [5, 5.41) is 0. The number of nitrogens with zero attached hydrogens (tertiary/aromatic N) is 2. The van der Waals surface area contributed by atoms with E-state index in [9.17, 15) is 8.42 Å². The maximum Gasteiger partial charge on any atom is 0.175 e. The smallest absolute Gasteiger partial charge is 0.175 e. The summed E-state index contributed by atoms with van der Waals surface area (Å²) in [4.78, 5) is 4.65. The molecule has 0 fully saturated rings. The van der Waals surface area contributed by atoms with E-state index in [2.05, 4.69) is 4.98 Å². The van der Waals surface area contributed by atoms with Crippen molar-refractivity contribution in [1.82, 2.24) is 9.55 Å². The van der Waals surface area contributed by atoms with Crippen molar-refractivity contribution in [1.29, 1.82) is 0 Å². The molecule has 22 heavy (non-hydrogen) atoms. The summed E-state index contributed by atoms with van der Waals surface area (Å²) in [6.07, 6.45) is 4.94. The van der Waals surface area contributed by atoms with Crippen LogP contribution in [0.2, 0.25) is 0 Å². The zero-order valence-corrected chi connectivity index (χ0v) is 13.2. The van der Waals surface area contributed by atoms with Gasteiger partial charge in [0.2, 0.25) is 0 Å².